The Bertz CT molecular complexity index is 592. The SMILES string of the molecule is Fc1ccc(CNc2cccc(OC(F)F)c2)cc1Br. The summed E-state index contributed by atoms with van der Waals surface area (Å²) in [5.41, 5.74) is 1.50. The summed E-state index contributed by atoms with van der Waals surface area (Å²) in [5, 5.41) is 3.05. The summed E-state index contributed by atoms with van der Waals surface area (Å²) in [5.74, 6) is -0.244. The van der Waals surface area contributed by atoms with Crippen LogP contribution in [0.5, 0.6) is 5.75 Å². The van der Waals surface area contributed by atoms with Crippen molar-refractivity contribution < 1.29 is 17.9 Å². The van der Waals surface area contributed by atoms with Crippen molar-refractivity contribution in [2.45, 2.75) is 13.2 Å². The van der Waals surface area contributed by atoms with E-state index in [0.29, 0.717) is 16.7 Å². The second-order valence-electron chi connectivity index (χ2n) is 4.01. The topological polar surface area (TPSA) is 21.3 Å². The van der Waals surface area contributed by atoms with Gasteiger partial charge in [0.15, 0.2) is 0 Å². The van der Waals surface area contributed by atoms with E-state index in [2.05, 4.69) is 26.0 Å². The normalized spacial score (nSPS) is 10.7. The Morgan fingerprint density at radius 1 is 1.15 bits per heavy atom. The third-order valence-corrected chi connectivity index (χ3v) is 3.15. The quantitative estimate of drug-likeness (QED) is 0.840. The molecule has 0 aliphatic heterocycles. The summed E-state index contributed by atoms with van der Waals surface area (Å²) in [7, 11) is 0. The van der Waals surface area contributed by atoms with Gasteiger partial charge in [0, 0.05) is 18.3 Å². The van der Waals surface area contributed by atoms with E-state index in [0.717, 1.165) is 5.56 Å². The maximum absolute atomic E-state index is 13.1. The Hall–Kier alpha value is -1.69. The van der Waals surface area contributed by atoms with Crippen molar-refractivity contribution in [1.29, 1.82) is 0 Å². The highest BCUT2D eigenvalue weighted by Crippen LogP contribution is 2.21. The standard InChI is InChI=1S/C14H11BrF3NO/c15-12-6-9(4-5-13(12)16)8-19-10-2-1-3-11(7-10)20-14(17)18/h1-7,14,19H,8H2. The second kappa shape index (κ2) is 6.65. The third-order valence-electron chi connectivity index (χ3n) is 2.54. The zero-order chi connectivity index (χ0) is 14.5. The average molecular weight is 346 g/mol. The Balaban J connectivity index is 2.01. The molecular weight excluding hydrogens is 335 g/mol. The van der Waals surface area contributed by atoms with Crippen LogP contribution in [0.2, 0.25) is 0 Å². The maximum atomic E-state index is 13.1. The lowest BCUT2D eigenvalue weighted by atomic mass is 10.2. The predicted octanol–water partition coefficient (Wildman–Crippen LogP) is 4.80. The Labute approximate surface area is 122 Å². The zero-order valence-corrected chi connectivity index (χ0v) is 11.8. The first-order chi connectivity index (χ1) is 9.54. The fraction of sp³-hybridized carbons (Fsp3) is 0.143. The molecule has 0 saturated carbocycles. The van der Waals surface area contributed by atoms with Gasteiger partial charge in [0.2, 0.25) is 0 Å². The number of halogens is 4. The van der Waals surface area contributed by atoms with Crippen LogP contribution in [0.3, 0.4) is 0 Å². The highest BCUT2D eigenvalue weighted by molar-refractivity contribution is 9.10. The summed E-state index contributed by atoms with van der Waals surface area (Å²) in [6, 6.07) is 10.9. The van der Waals surface area contributed by atoms with Gasteiger partial charge in [-0.05, 0) is 45.8 Å². The minimum atomic E-state index is -2.85. The van der Waals surface area contributed by atoms with Gasteiger partial charge in [0.05, 0.1) is 4.47 Å². The molecule has 2 aromatic rings. The number of benzene rings is 2. The van der Waals surface area contributed by atoms with Crippen LogP contribution in [0.1, 0.15) is 5.56 Å². The van der Waals surface area contributed by atoms with Crippen LogP contribution < -0.4 is 10.1 Å². The zero-order valence-electron chi connectivity index (χ0n) is 10.2. The molecule has 0 aromatic heterocycles. The lowest BCUT2D eigenvalue weighted by Crippen LogP contribution is -2.03. The van der Waals surface area contributed by atoms with Crippen LogP contribution in [0.4, 0.5) is 18.9 Å². The molecule has 106 valence electrons. The second-order valence-corrected chi connectivity index (χ2v) is 4.86. The molecule has 0 unspecified atom stereocenters. The number of hydrogen-bond acceptors (Lipinski definition) is 2. The molecule has 0 spiro atoms. The molecular formula is C14H11BrF3NO. The van der Waals surface area contributed by atoms with Crippen molar-refractivity contribution in [3.8, 4) is 5.75 Å². The largest absolute Gasteiger partial charge is 0.435 e. The molecule has 0 bridgehead atoms. The Kier molecular flexibility index (Phi) is 4.89. The van der Waals surface area contributed by atoms with E-state index in [9.17, 15) is 13.2 Å². The Morgan fingerprint density at radius 2 is 1.95 bits per heavy atom. The number of hydrogen-bond donors (Lipinski definition) is 1. The smallest absolute Gasteiger partial charge is 0.387 e. The van der Waals surface area contributed by atoms with Gasteiger partial charge >= 0.3 is 6.61 Å². The van der Waals surface area contributed by atoms with Gasteiger partial charge in [-0.2, -0.15) is 8.78 Å². The molecule has 0 aliphatic carbocycles. The van der Waals surface area contributed by atoms with E-state index < -0.39 is 6.61 Å². The van der Waals surface area contributed by atoms with Gasteiger partial charge < -0.3 is 10.1 Å². The highest BCUT2D eigenvalue weighted by atomic mass is 79.9. The van der Waals surface area contributed by atoms with E-state index in [1.54, 1.807) is 24.3 Å². The molecule has 2 aromatic carbocycles. The van der Waals surface area contributed by atoms with Crippen molar-refractivity contribution in [3.05, 3.63) is 58.3 Å². The van der Waals surface area contributed by atoms with Crippen molar-refractivity contribution >= 4 is 21.6 Å². The molecule has 2 nitrogen and oxygen atoms in total. The molecule has 6 heteroatoms. The lowest BCUT2D eigenvalue weighted by molar-refractivity contribution is -0.0498. The first-order valence-corrected chi connectivity index (χ1v) is 6.56. The highest BCUT2D eigenvalue weighted by Gasteiger charge is 2.05. The summed E-state index contributed by atoms with van der Waals surface area (Å²) >= 11 is 3.10. The van der Waals surface area contributed by atoms with Crippen molar-refractivity contribution in [2.24, 2.45) is 0 Å². The van der Waals surface area contributed by atoms with E-state index in [1.807, 2.05) is 0 Å². The van der Waals surface area contributed by atoms with Gasteiger partial charge in [0.25, 0.3) is 0 Å². The molecule has 0 radical (unpaired) electrons. The van der Waals surface area contributed by atoms with Crippen LogP contribution in [0.25, 0.3) is 0 Å². The van der Waals surface area contributed by atoms with Gasteiger partial charge in [-0.3, -0.25) is 0 Å². The number of anilines is 1. The molecule has 1 N–H and O–H groups in total. The van der Waals surface area contributed by atoms with E-state index in [1.165, 1.54) is 18.2 Å². The summed E-state index contributed by atoms with van der Waals surface area (Å²) in [4.78, 5) is 0. The number of nitrogens with one attached hydrogen (secondary N) is 1. The molecule has 2 rings (SSSR count). The fourth-order valence-electron chi connectivity index (χ4n) is 1.64. The minimum Gasteiger partial charge on any atom is -0.435 e. The first-order valence-electron chi connectivity index (χ1n) is 5.77. The molecule has 0 aliphatic rings. The molecule has 0 fully saturated rings. The summed E-state index contributed by atoms with van der Waals surface area (Å²) < 4.78 is 42.0. The van der Waals surface area contributed by atoms with E-state index >= 15 is 0 Å². The molecule has 0 heterocycles. The van der Waals surface area contributed by atoms with Crippen molar-refractivity contribution in [1.82, 2.24) is 0 Å². The summed E-state index contributed by atoms with van der Waals surface area (Å²) in [6.45, 7) is -2.41. The van der Waals surface area contributed by atoms with E-state index in [4.69, 9.17) is 0 Å². The van der Waals surface area contributed by atoms with Crippen LogP contribution >= 0.6 is 15.9 Å². The fourth-order valence-corrected chi connectivity index (χ4v) is 2.06. The van der Waals surface area contributed by atoms with Crippen LogP contribution in [-0.4, -0.2) is 6.61 Å². The monoisotopic (exact) mass is 345 g/mol. The average Bonchev–Trinajstić information content (AvgIpc) is 2.40. The number of alkyl halides is 2. The molecule has 0 saturated heterocycles. The first kappa shape index (κ1) is 14.7. The van der Waals surface area contributed by atoms with Crippen LogP contribution in [0, 0.1) is 5.82 Å². The van der Waals surface area contributed by atoms with Gasteiger partial charge in [-0.25, -0.2) is 4.39 Å². The van der Waals surface area contributed by atoms with Gasteiger partial charge in [-0.1, -0.05) is 12.1 Å². The van der Waals surface area contributed by atoms with Crippen LogP contribution in [-0.2, 0) is 6.54 Å². The summed E-state index contributed by atoms with van der Waals surface area (Å²) in [6.07, 6.45) is 0. The van der Waals surface area contributed by atoms with Crippen molar-refractivity contribution in [3.63, 3.8) is 0 Å². The lowest BCUT2D eigenvalue weighted by Gasteiger charge is -2.09. The molecule has 0 amide bonds. The Morgan fingerprint density at radius 3 is 2.65 bits per heavy atom. The molecule has 0 atom stereocenters. The maximum Gasteiger partial charge on any atom is 0.387 e. The van der Waals surface area contributed by atoms with Gasteiger partial charge in [0.1, 0.15) is 11.6 Å². The molecule has 20 heavy (non-hydrogen) atoms. The van der Waals surface area contributed by atoms with E-state index in [-0.39, 0.29) is 11.6 Å². The number of rotatable bonds is 5. The number of ether oxygens (including phenoxy) is 1. The van der Waals surface area contributed by atoms with Crippen molar-refractivity contribution in [2.75, 3.05) is 5.32 Å². The van der Waals surface area contributed by atoms with Gasteiger partial charge in [-0.15, -0.1) is 0 Å². The predicted molar refractivity (Wildman–Crippen MR) is 74.5 cm³/mol. The van der Waals surface area contributed by atoms with Crippen LogP contribution in [0.15, 0.2) is 46.9 Å². The minimum absolute atomic E-state index is 0.0882. The third kappa shape index (κ3) is 4.16.